The summed E-state index contributed by atoms with van der Waals surface area (Å²) in [5.74, 6) is 4.13. The monoisotopic (exact) mass is 368 g/mol. The number of fused-ring (bicyclic) bond motifs is 5. The Bertz CT molecular complexity index is 701. The van der Waals surface area contributed by atoms with E-state index in [1.807, 2.05) is 6.08 Å². The molecule has 27 heavy (non-hydrogen) atoms. The van der Waals surface area contributed by atoms with E-state index in [4.69, 9.17) is 0 Å². The molecule has 0 aromatic heterocycles. The largest absolute Gasteiger partial charge is 0.295 e. The van der Waals surface area contributed by atoms with E-state index in [1.54, 1.807) is 13.0 Å². The zero-order chi connectivity index (χ0) is 19.4. The molecule has 0 amide bonds. The first-order valence-corrected chi connectivity index (χ1v) is 11.2. The van der Waals surface area contributed by atoms with Gasteiger partial charge in [-0.15, -0.1) is 0 Å². The van der Waals surface area contributed by atoms with E-state index in [-0.39, 0.29) is 11.2 Å². The van der Waals surface area contributed by atoms with Crippen LogP contribution in [0.3, 0.4) is 0 Å². The van der Waals surface area contributed by atoms with E-state index in [2.05, 4.69) is 26.8 Å². The zero-order valence-electron chi connectivity index (χ0n) is 17.6. The highest BCUT2D eigenvalue weighted by Gasteiger charge is 2.59. The van der Waals surface area contributed by atoms with Gasteiger partial charge in [-0.3, -0.25) is 9.59 Å². The van der Waals surface area contributed by atoms with Crippen LogP contribution in [-0.2, 0) is 9.59 Å². The number of hydrogen-bond donors (Lipinski definition) is 0. The van der Waals surface area contributed by atoms with Crippen molar-refractivity contribution in [1.29, 1.82) is 0 Å². The molecule has 3 saturated carbocycles. The fraction of sp³-hybridized carbons (Fsp3) is 0.760. The maximum Gasteiger partial charge on any atom is 0.155 e. The molecule has 4 aliphatic carbocycles. The molecule has 0 aliphatic heterocycles. The second-order valence-corrected chi connectivity index (χ2v) is 10.5. The molecule has 2 heteroatoms. The molecule has 4 aliphatic rings. The molecule has 0 saturated heterocycles. The van der Waals surface area contributed by atoms with Gasteiger partial charge in [-0.05, 0) is 104 Å². The lowest BCUT2D eigenvalue weighted by Crippen LogP contribution is -2.50. The highest BCUT2D eigenvalue weighted by molar-refractivity contribution is 5.91. The smallest absolute Gasteiger partial charge is 0.155 e. The average Bonchev–Trinajstić information content (AvgIpc) is 2.97. The average molecular weight is 369 g/mol. The van der Waals surface area contributed by atoms with Gasteiger partial charge in [0.1, 0.15) is 0 Å². The number of carbonyl (C=O) groups excluding carboxylic acids is 2. The van der Waals surface area contributed by atoms with Crippen molar-refractivity contribution in [2.75, 3.05) is 0 Å². The number of hydrogen-bond acceptors (Lipinski definition) is 2. The van der Waals surface area contributed by atoms with Gasteiger partial charge >= 0.3 is 0 Å². The lowest BCUT2D eigenvalue weighted by molar-refractivity contribution is -0.117. The van der Waals surface area contributed by atoms with Crippen LogP contribution in [0.5, 0.6) is 0 Å². The van der Waals surface area contributed by atoms with Crippen molar-refractivity contribution in [2.45, 2.75) is 79.1 Å². The van der Waals surface area contributed by atoms with Gasteiger partial charge in [0, 0.05) is 6.42 Å². The summed E-state index contributed by atoms with van der Waals surface area (Å²) in [6.45, 7) is 8.99. The molecular weight excluding hydrogens is 332 g/mol. The van der Waals surface area contributed by atoms with Crippen molar-refractivity contribution >= 4 is 11.6 Å². The summed E-state index contributed by atoms with van der Waals surface area (Å²) in [5, 5.41) is 0. The third-order valence-electron chi connectivity index (χ3n) is 9.30. The first-order chi connectivity index (χ1) is 12.8. The summed E-state index contributed by atoms with van der Waals surface area (Å²) in [6.07, 6.45) is 15.5. The lowest BCUT2D eigenvalue weighted by atomic mass is 9.46. The summed E-state index contributed by atoms with van der Waals surface area (Å²) in [5.41, 5.74) is 2.16. The molecule has 7 atom stereocenters. The van der Waals surface area contributed by atoms with Crippen LogP contribution in [0.1, 0.15) is 79.1 Å². The van der Waals surface area contributed by atoms with Crippen LogP contribution in [0.2, 0.25) is 0 Å². The highest BCUT2D eigenvalue weighted by atomic mass is 16.1. The predicted molar refractivity (Wildman–Crippen MR) is 109 cm³/mol. The van der Waals surface area contributed by atoms with E-state index in [0.717, 1.165) is 37.0 Å². The van der Waals surface area contributed by atoms with Crippen molar-refractivity contribution in [3.63, 3.8) is 0 Å². The molecule has 0 aromatic rings. The summed E-state index contributed by atoms with van der Waals surface area (Å²) < 4.78 is 0. The van der Waals surface area contributed by atoms with Crippen LogP contribution in [0.4, 0.5) is 0 Å². The van der Waals surface area contributed by atoms with Gasteiger partial charge in [-0.2, -0.15) is 0 Å². The Labute approximate surface area is 164 Å². The van der Waals surface area contributed by atoms with Crippen molar-refractivity contribution < 1.29 is 9.59 Å². The standard InChI is InChI=1S/C25H36O2/c1-16(5-6-17(2)26)21-9-10-22-20-8-7-18-15-19(27)11-13-24(18,3)23(20)12-14-25(21,22)4/h5-6,15-16,20-23H,7-14H2,1-4H3/b6-5+/t16-,20-,21+,22-,23-,24-,25+/m0/s1. The first kappa shape index (κ1) is 19.2. The van der Waals surface area contributed by atoms with Crippen molar-refractivity contribution in [3.05, 3.63) is 23.8 Å². The van der Waals surface area contributed by atoms with E-state index >= 15 is 0 Å². The number of rotatable bonds is 3. The second-order valence-electron chi connectivity index (χ2n) is 10.5. The molecule has 0 radical (unpaired) electrons. The summed E-state index contributed by atoms with van der Waals surface area (Å²) in [7, 11) is 0. The minimum atomic E-state index is 0.164. The van der Waals surface area contributed by atoms with Crippen molar-refractivity contribution in [3.8, 4) is 0 Å². The Balaban J connectivity index is 1.58. The van der Waals surface area contributed by atoms with Crippen LogP contribution in [0, 0.1) is 40.4 Å². The van der Waals surface area contributed by atoms with Crippen LogP contribution < -0.4 is 0 Å². The quantitative estimate of drug-likeness (QED) is 0.580. The second kappa shape index (κ2) is 6.71. The number of ketones is 2. The molecule has 0 bridgehead atoms. The predicted octanol–water partition coefficient (Wildman–Crippen LogP) is 5.92. The molecule has 4 rings (SSSR count). The van der Waals surface area contributed by atoms with E-state index < -0.39 is 0 Å². The third kappa shape index (κ3) is 2.98. The summed E-state index contributed by atoms with van der Waals surface area (Å²) >= 11 is 0. The zero-order valence-corrected chi connectivity index (χ0v) is 17.6. The molecule has 0 spiro atoms. The number of carbonyl (C=O) groups is 2. The fourth-order valence-electron chi connectivity index (χ4n) is 7.88. The van der Waals surface area contributed by atoms with Crippen LogP contribution >= 0.6 is 0 Å². The molecule has 0 unspecified atom stereocenters. The Hall–Kier alpha value is -1.18. The van der Waals surface area contributed by atoms with E-state index in [9.17, 15) is 9.59 Å². The SMILES string of the molecule is CC(=O)/C=C/[C@H](C)[C@H]1CC[C@H]2[C@@H]3CCC4=CC(=O)CC[C@]4(C)[C@H]3CC[C@]12C. The Morgan fingerprint density at radius 1 is 1.11 bits per heavy atom. The minimum absolute atomic E-state index is 0.164. The normalized spacial score (nSPS) is 45.0. The molecule has 148 valence electrons. The first-order valence-electron chi connectivity index (χ1n) is 11.2. The number of allylic oxidation sites excluding steroid dienone is 3. The van der Waals surface area contributed by atoms with Gasteiger partial charge in [0.2, 0.25) is 0 Å². The Morgan fingerprint density at radius 3 is 2.63 bits per heavy atom. The van der Waals surface area contributed by atoms with Gasteiger partial charge in [0.25, 0.3) is 0 Å². The van der Waals surface area contributed by atoms with Crippen LogP contribution in [0.15, 0.2) is 23.8 Å². The van der Waals surface area contributed by atoms with Crippen LogP contribution in [-0.4, -0.2) is 11.6 Å². The van der Waals surface area contributed by atoms with Gasteiger partial charge in [0.15, 0.2) is 11.6 Å². The topological polar surface area (TPSA) is 34.1 Å². The minimum Gasteiger partial charge on any atom is -0.295 e. The molecule has 3 fully saturated rings. The third-order valence-corrected chi connectivity index (χ3v) is 9.30. The van der Waals surface area contributed by atoms with E-state index in [1.165, 1.54) is 37.7 Å². The van der Waals surface area contributed by atoms with Crippen LogP contribution in [0.25, 0.3) is 0 Å². The summed E-state index contributed by atoms with van der Waals surface area (Å²) in [4.78, 5) is 23.4. The molecule has 2 nitrogen and oxygen atoms in total. The Kier molecular flexibility index (Phi) is 4.76. The lowest BCUT2D eigenvalue weighted by Gasteiger charge is -2.58. The summed E-state index contributed by atoms with van der Waals surface area (Å²) in [6, 6.07) is 0. The van der Waals surface area contributed by atoms with Gasteiger partial charge < -0.3 is 0 Å². The Morgan fingerprint density at radius 2 is 1.89 bits per heavy atom. The van der Waals surface area contributed by atoms with Gasteiger partial charge in [0.05, 0.1) is 0 Å². The molecule has 0 N–H and O–H groups in total. The van der Waals surface area contributed by atoms with Crippen molar-refractivity contribution in [2.24, 2.45) is 40.4 Å². The fourth-order valence-corrected chi connectivity index (χ4v) is 7.88. The van der Waals surface area contributed by atoms with Gasteiger partial charge in [-0.25, -0.2) is 0 Å². The maximum absolute atomic E-state index is 12.0. The molecular formula is C25H36O2. The molecule has 0 aromatic carbocycles. The highest BCUT2D eigenvalue weighted by Crippen LogP contribution is 2.67. The molecule has 0 heterocycles. The maximum atomic E-state index is 12.0. The van der Waals surface area contributed by atoms with E-state index in [0.29, 0.717) is 23.0 Å². The van der Waals surface area contributed by atoms with Gasteiger partial charge in [-0.1, -0.05) is 32.4 Å². The van der Waals surface area contributed by atoms with Crippen molar-refractivity contribution in [1.82, 2.24) is 0 Å².